The maximum absolute atomic E-state index is 11.8. The summed E-state index contributed by atoms with van der Waals surface area (Å²) in [4.78, 5) is 22.6. The number of benzene rings is 1. The zero-order valence-electron chi connectivity index (χ0n) is 9.26. The molecule has 0 bridgehead atoms. The highest BCUT2D eigenvalue weighted by atomic mass is 127. The fourth-order valence-corrected chi connectivity index (χ4v) is 1.80. The summed E-state index contributed by atoms with van der Waals surface area (Å²) in [6.07, 6.45) is -0.0915. The van der Waals surface area contributed by atoms with E-state index in [4.69, 9.17) is 10.2 Å². The Balaban J connectivity index is 2.86. The molecule has 1 rings (SSSR count). The van der Waals surface area contributed by atoms with Gasteiger partial charge in [-0.1, -0.05) is 0 Å². The number of rotatable bonds is 5. The average Bonchev–Trinajstić information content (AvgIpc) is 2.31. The summed E-state index contributed by atoms with van der Waals surface area (Å²) < 4.78 is 0.740. The van der Waals surface area contributed by atoms with E-state index in [2.05, 4.69) is 5.32 Å². The molecule has 1 atom stereocenters. The number of nitrogens with one attached hydrogen (secondary N) is 1. The molecule has 1 aromatic rings. The first kappa shape index (κ1) is 14.7. The quantitative estimate of drug-likeness (QED) is 0.571. The third-order valence-electron chi connectivity index (χ3n) is 2.22. The van der Waals surface area contributed by atoms with Gasteiger partial charge in [0.1, 0.15) is 11.8 Å². The van der Waals surface area contributed by atoms with E-state index in [1.165, 1.54) is 12.1 Å². The van der Waals surface area contributed by atoms with Crippen molar-refractivity contribution in [3.05, 3.63) is 27.3 Å². The summed E-state index contributed by atoms with van der Waals surface area (Å²) in [7, 11) is 0. The number of aliphatic carboxylic acids is 1. The van der Waals surface area contributed by atoms with E-state index in [-0.39, 0.29) is 24.3 Å². The summed E-state index contributed by atoms with van der Waals surface area (Å²) >= 11 is 1.97. The summed E-state index contributed by atoms with van der Waals surface area (Å²) in [6, 6.07) is 3.25. The van der Waals surface area contributed by atoms with Crippen molar-refractivity contribution >= 4 is 34.5 Å². The Labute approximate surface area is 117 Å². The number of carboxylic acids is 1. The maximum atomic E-state index is 11.8. The number of phenolic OH excluding ortho intramolecular Hbond substituents is 1. The van der Waals surface area contributed by atoms with Crippen molar-refractivity contribution in [2.75, 3.05) is 6.61 Å². The minimum atomic E-state index is -1.23. The van der Waals surface area contributed by atoms with E-state index in [9.17, 15) is 14.7 Å². The molecule has 0 aliphatic rings. The van der Waals surface area contributed by atoms with Crippen LogP contribution in [0.5, 0.6) is 5.75 Å². The lowest BCUT2D eigenvalue weighted by molar-refractivity contribution is -0.139. The molecule has 0 aliphatic carbocycles. The second-order valence-electron chi connectivity index (χ2n) is 3.54. The number of carbonyl (C=O) groups is 2. The Morgan fingerprint density at radius 1 is 1.39 bits per heavy atom. The van der Waals surface area contributed by atoms with E-state index in [0.29, 0.717) is 0 Å². The molecule has 1 unspecified atom stereocenters. The molecule has 1 amide bonds. The summed E-state index contributed by atoms with van der Waals surface area (Å²) in [5.41, 5.74) is 0.00564. The molecule has 98 valence electrons. The van der Waals surface area contributed by atoms with Crippen molar-refractivity contribution in [3.8, 4) is 5.75 Å². The number of aliphatic hydroxyl groups is 1. The van der Waals surface area contributed by atoms with Crippen molar-refractivity contribution in [1.29, 1.82) is 0 Å². The highest BCUT2D eigenvalue weighted by Gasteiger charge is 2.21. The molecular formula is C11H12INO5. The topological polar surface area (TPSA) is 107 Å². The zero-order chi connectivity index (χ0) is 13.7. The van der Waals surface area contributed by atoms with Gasteiger partial charge in [-0.05, 0) is 40.8 Å². The smallest absolute Gasteiger partial charge is 0.326 e. The molecule has 0 heterocycles. The van der Waals surface area contributed by atoms with Gasteiger partial charge in [-0.25, -0.2) is 4.79 Å². The van der Waals surface area contributed by atoms with Crippen molar-refractivity contribution in [1.82, 2.24) is 5.32 Å². The second-order valence-corrected chi connectivity index (χ2v) is 4.78. The van der Waals surface area contributed by atoms with Gasteiger partial charge in [0, 0.05) is 16.6 Å². The van der Waals surface area contributed by atoms with Gasteiger partial charge in [-0.15, -0.1) is 0 Å². The van der Waals surface area contributed by atoms with E-state index in [1.807, 2.05) is 22.6 Å². The van der Waals surface area contributed by atoms with Crippen molar-refractivity contribution in [2.45, 2.75) is 12.5 Å². The standard InChI is InChI=1S/C11H12INO5/c12-6-1-2-9(15)7(5-6)10(16)13-8(3-4-14)11(17)18/h1-2,5,8,14-15H,3-4H2,(H,13,16)(H,17,18). The summed E-state index contributed by atoms with van der Waals surface area (Å²) in [5.74, 6) is -2.14. The van der Waals surface area contributed by atoms with Gasteiger partial charge in [0.15, 0.2) is 0 Å². The minimum absolute atomic E-state index is 0.00564. The fraction of sp³-hybridized carbons (Fsp3) is 0.273. The number of aliphatic hydroxyl groups excluding tert-OH is 1. The minimum Gasteiger partial charge on any atom is -0.507 e. The zero-order valence-corrected chi connectivity index (χ0v) is 11.4. The number of carbonyl (C=O) groups excluding carboxylic acids is 1. The molecule has 0 saturated heterocycles. The molecule has 0 spiro atoms. The van der Waals surface area contributed by atoms with Gasteiger partial charge in [-0.3, -0.25) is 4.79 Å². The summed E-state index contributed by atoms with van der Waals surface area (Å²) in [6.45, 7) is -0.352. The fourth-order valence-electron chi connectivity index (χ4n) is 1.31. The predicted octanol–water partition coefficient (Wildman–Crippen LogP) is 0.562. The Bertz CT molecular complexity index is 463. The Morgan fingerprint density at radius 3 is 2.61 bits per heavy atom. The third-order valence-corrected chi connectivity index (χ3v) is 2.90. The second kappa shape index (κ2) is 6.55. The number of amides is 1. The van der Waals surface area contributed by atoms with Gasteiger partial charge < -0.3 is 20.6 Å². The molecular weight excluding hydrogens is 353 g/mol. The third kappa shape index (κ3) is 3.84. The molecule has 7 heteroatoms. The number of aromatic hydroxyl groups is 1. The molecule has 6 nitrogen and oxygen atoms in total. The summed E-state index contributed by atoms with van der Waals surface area (Å²) in [5, 5.41) is 29.3. The monoisotopic (exact) mass is 365 g/mol. The van der Waals surface area contributed by atoms with Crippen LogP contribution in [0.2, 0.25) is 0 Å². The Morgan fingerprint density at radius 2 is 2.06 bits per heavy atom. The van der Waals surface area contributed by atoms with Crippen molar-refractivity contribution in [2.24, 2.45) is 0 Å². The van der Waals surface area contributed by atoms with Crippen molar-refractivity contribution in [3.63, 3.8) is 0 Å². The Hall–Kier alpha value is -1.35. The first-order valence-electron chi connectivity index (χ1n) is 5.08. The number of halogens is 1. The van der Waals surface area contributed by atoms with Gasteiger partial charge in [0.25, 0.3) is 5.91 Å². The van der Waals surface area contributed by atoms with Gasteiger partial charge in [0.2, 0.25) is 0 Å². The normalized spacial score (nSPS) is 11.9. The number of hydrogen-bond donors (Lipinski definition) is 4. The molecule has 18 heavy (non-hydrogen) atoms. The van der Waals surface area contributed by atoms with Crippen LogP contribution < -0.4 is 5.32 Å². The van der Waals surface area contributed by atoms with Gasteiger partial charge in [-0.2, -0.15) is 0 Å². The van der Waals surface area contributed by atoms with Crippen LogP contribution in [0.1, 0.15) is 16.8 Å². The average molecular weight is 365 g/mol. The first-order valence-corrected chi connectivity index (χ1v) is 6.16. The van der Waals surface area contributed by atoms with E-state index < -0.39 is 17.9 Å². The van der Waals surface area contributed by atoms with Crippen LogP contribution in [-0.4, -0.2) is 39.8 Å². The molecule has 0 radical (unpaired) electrons. The van der Waals surface area contributed by atoms with Crippen LogP contribution in [0, 0.1) is 3.57 Å². The van der Waals surface area contributed by atoms with E-state index >= 15 is 0 Å². The molecule has 1 aromatic carbocycles. The van der Waals surface area contributed by atoms with Gasteiger partial charge in [0.05, 0.1) is 5.56 Å². The van der Waals surface area contributed by atoms with E-state index in [1.54, 1.807) is 6.07 Å². The van der Waals surface area contributed by atoms with Crippen LogP contribution in [0.4, 0.5) is 0 Å². The molecule has 0 fully saturated rings. The largest absolute Gasteiger partial charge is 0.507 e. The highest BCUT2D eigenvalue weighted by molar-refractivity contribution is 14.1. The molecule has 0 aliphatic heterocycles. The Kier molecular flexibility index (Phi) is 5.35. The lowest BCUT2D eigenvalue weighted by atomic mass is 10.1. The van der Waals surface area contributed by atoms with Crippen LogP contribution in [0.15, 0.2) is 18.2 Å². The number of carboxylic acid groups (broad SMARTS) is 1. The van der Waals surface area contributed by atoms with Crippen molar-refractivity contribution < 1.29 is 24.9 Å². The van der Waals surface area contributed by atoms with Crippen LogP contribution in [0.3, 0.4) is 0 Å². The van der Waals surface area contributed by atoms with Crippen LogP contribution >= 0.6 is 22.6 Å². The molecule has 4 N–H and O–H groups in total. The molecule has 0 aromatic heterocycles. The van der Waals surface area contributed by atoms with Crippen LogP contribution in [-0.2, 0) is 4.79 Å². The lowest BCUT2D eigenvalue weighted by Gasteiger charge is -2.13. The van der Waals surface area contributed by atoms with Gasteiger partial charge >= 0.3 is 5.97 Å². The first-order chi connectivity index (χ1) is 8.45. The van der Waals surface area contributed by atoms with Crippen LogP contribution in [0.25, 0.3) is 0 Å². The molecule has 0 saturated carbocycles. The van der Waals surface area contributed by atoms with E-state index in [0.717, 1.165) is 3.57 Å². The predicted molar refractivity (Wildman–Crippen MR) is 71.4 cm³/mol. The SMILES string of the molecule is O=C(NC(CCO)C(=O)O)c1cc(I)ccc1O. The highest BCUT2D eigenvalue weighted by Crippen LogP contribution is 2.19. The number of hydrogen-bond acceptors (Lipinski definition) is 4. The number of phenols is 1. The maximum Gasteiger partial charge on any atom is 0.326 e. The lowest BCUT2D eigenvalue weighted by Crippen LogP contribution is -2.41.